The predicted octanol–water partition coefficient (Wildman–Crippen LogP) is 4.12. The van der Waals surface area contributed by atoms with Gasteiger partial charge in [-0.2, -0.15) is 13.2 Å². The van der Waals surface area contributed by atoms with E-state index in [1.165, 1.54) is 22.6 Å². The molecule has 0 unspecified atom stereocenters. The molecule has 0 aliphatic heterocycles. The summed E-state index contributed by atoms with van der Waals surface area (Å²) in [4.78, 5) is 9.15. The lowest BCUT2D eigenvalue weighted by Crippen LogP contribution is -2.21. The normalized spacial score (nSPS) is 12.4. The predicted molar refractivity (Wildman–Crippen MR) is 57.5 cm³/mol. The van der Waals surface area contributed by atoms with E-state index in [9.17, 15) is 36.5 Å². The largest absolute Gasteiger partial charge is 0.573 e. The summed E-state index contributed by atoms with van der Waals surface area (Å²) in [6.07, 6.45) is -10.7. The van der Waals surface area contributed by atoms with Gasteiger partial charge in [-0.15, -0.1) is 13.2 Å². The van der Waals surface area contributed by atoms with Crippen LogP contribution in [-0.2, 0) is 6.18 Å². The number of ether oxygens (including phenoxy) is 1. The summed E-state index contributed by atoms with van der Waals surface area (Å²) in [5, 5.41) is 10.5. The minimum Gasteiger partial charge on any atom is -0.398 e. The van der Waals surface area contributed by atoms with Crippen LogP contribution in [0.25, 0.3) is 0 Å². The molecule has 0 N–H and O–H groups in total. The number of rotatable bonds is 2. The molecule has 11 heteroatoms. The van der Waals surface area contributed by atoms with Gasteiger partial charge >= 0.3 is 18.2 Å². The third-order valence-electron chi connectivity index (χ3n) is 1.75. The van der Waals surface area contributed by atoms with Gasteiger partial charge in [0, 0.05) is 9.64 Å². The zero-order chi connectivity index (χ0) is 15.0. The number of nitro groups is 1. The summed E-state index contributed by atoms with van der Waals surface area (Å²) in [7, 11) is 0. The van der Waals surface area contributed by atoms with Crippen LogP contribution in [-0.4, -0.2) is 11.3 Å². The summed E-state index contributed by atoms with van der Waals surface area (Å²) in [5.74, 6) is -1.87. The Bertz CT molecular complexity index is 512. The lowest BCUT2D eigenvalue weighted by Gasteiger charge is -2.15. The van der Waals surface area contributed by atoms with Crippen molar-refractivity contribution >= 4 is 28.3 Å². The first kappa shape index (κ1) is 15.8. The number of nitrogens with zero attached hydrogens (tertiary/aromatic N) is 1. The van der Waals surface area contributed by atoms with Gasteiger partial charge in [-0.1, -0.05) is 0 Å². The standard InChI is InChI=1S/C8H2F6INO3/c9-7(10,11)4-1-3(15)2-5(16(17)18)6(4)19-8(12,13)14/h1-2H. The first-order valence-electron chi connectivity index (χ1n) is 4.22. The third-order valence-corrected chi connectivity index (χ3v) is 2.38. The number of benzene rings is 1. The van der Waals surface area contributed by atoms with Crippen LogP contribution >= 0.6 is 22.6 Å². The third kappa shape index (κ3) is 4.11. The van der Waals surface area contributed by atoms with E-state index in [1.807, 2.05) is 0 Å². The monoisotopic (exact) mass is 401 g/mol. The lowest BCUT2D eigenvalue weighted by atomic mass is 10.1. The Balaban J connectivity index is 3.57. The maximum Gasteiger partial charge on any atom is 0.573 e. The number of halogens is 7. The maximum absolute atomic E-state index is 12.6. The molecular weight excluding hydrogens is 399 g/mol. The summed E-state index contributed by atoms with van der Waals surface area (Å²) < 4.78 is 76.7. The second-order valence-electron chi connectivity index (χ2n) is 3.10. The molecule has 0 radical (unpaired) electrons. The Kier molecular flexibility index (Phi) is 4.17. The van der Waals surface area contributed by atoms with Crippen molar-refractivity contribution in [1.82, 2.24) is 0 Å². The Hall–Kier alpha value is -1.27. The number of nitro benzene ring substituents is 1. The van der Waals surface area contributed by atoms with Gasteiger partial charge in [-0.05, 0) is 28.7 Å². The van der Waals surface area contributed by atoms with E-state index in [1.54, 1.807) is 0 Å². The Morgan fingerprint density at radius 3 is 2.05 bits per heavy atom. The van der Waals surface area contributed by atoms with Gasteiger partial charge in [-0.3, -0.25) is 10.1 Å². The molecular formula is C8H2F6INO3. The van der Waals surface area contributed by atoms with Gasteiger partial charge in [0.15, 0.2) is 0 Å². The molecule has 4 nitrogen and oxygen atoms in total. The van der Waals surface area contributed by atoms with Crippen LogP contribution in [0.2, 0.25) is 0 Å². The molecule has 1 rings (SSSR count). The molecule has 0 saturated heterocycles. The molecule has 0 aromatic heterocycles. The fraction of sp³-hybridized carbons (Fsp3) is 0.250. The molecule has 0 saturated carbocycles. The molecule has 0 atom stereocenters. The molecule has 0 fully saturated rings. The van der Waals surface area contributed by atoms with E-state index >= 15 is 0 Å². The first-order chi connectivity index (χ1) is 8.42. The number of hydrogen-bond donors (Lipinski definition) is 0. The van der Waals surface area contributed by atoms with Gasteiger partial charge in [0.25, 0.3) is 0 Å². The van der Waals surface area contributed by atoms with E-state index in [-0.39, 0.29) is 3.57 Å². The van der Waals surface area contributed by atoms with Crippen molar-refractivity contribution in [3.05, 3.63) is 31.4 Å². The van der Waals surface area contributed by atoms with E-state index in [0.29, 0.717) is 12.1 Å². The molecule has 0 aliphatic rings. The lowest BCUT2D eigenvalue weighted by molar-refractivity contribution is -0.389. The van der Waals surface area contributed by atoms with Crippen molar-refractivity contribution < 1.29 is 36.0 Å². The highest BCUT2D eigenvalue weighted by molar-refractivity contribution is 14.1. The van der Waals surface area contributed by atoms with Crippen LogP contribution in [0.4, 0.5) is 32.0 Å². The quantitative estimate of drug-likeness (QED) is 0.325. The van der Waals surface area contributed by atoms with Crippen molar-refractivity contribution in [2.45, 2.75) is 12.5 Å². The molecule has 0 spiro atoms. The zero-order valence-corrected chi connectivity index (χ0v) is 10.6. The molecule has 1 aromatic carbocycles. The topological polar surface area (TPSA) is 52.4 Å². The average molecular weight is 401 g/mol. The Morgan fingerprint density at radius 1 is 1.16 bits per heavy atom. The van der Waals surface area contributed by atoms with Crippen molar-refractivity contribution in [1.29, 1.82) is 0 Å². The number of alkyl halides is 6. The zero-order valence-electron chi connectivity index (χ0n) is 8.47. The van der Waals surface area contributed by atoms with Crippen molar-refractivity contribution in [2.24, 2.45) is 0 Å². The summed E-state index contributed by atoms with van der Waals surface area (Å²) >= 11 is 1.32. The molecule has 0 bridgehead atoms. The van der Waals surface area contributed by atoms with Crippen LogP contribution in [0.5, 0.6) is 5.75 Å². The maximum atomic E-state index is 12.6. The molecule has 1 aromatic rings. The van der Waals surface area contributed by atoms with E-state index < -0.39 is 34.5 Å². The molecule has 106 valence electrons. The molecule has 0 aliphatic carbocycles. The van der Waals surface area contributed by atoms with Gasteiger partial charge in [0.1, 0.15) is 5.56 Å². The van der Waals surface area contributed by atoms with Gasteiger partial charge < -0.3 is 4.74 Å². The van der Waals surface area contributed by atoms with Crippen LogP contribution in [0.3, 0.4) is 0 Å². The second-order valence-corrected chi connectivity index (χ2v) is 4.35. The van der Waals surface area contributed by atoms with E-state index in [0.717, 1.165) is 0 Å². The highest BCUT2D eigenvalue weighted by atomic mass is 127. The molecule has 0 amide bonds. The average Bonchev–Trinajstić information content (AvgIpc) is 2.16. The minimum absolute atomic E-state index is 0.244. The SMILES string of the molecule is O=[N+]([O-])c1cc(I)cc(C(F)(F)F)c1OC(F)(F)F. The Labute approximate surface area is 114 Å². The van der Waals surface area contributed by atoms with E-state index in [2.05, 4.69) is 4.74 Å². The summed E-state index contributed by atoms with van der Waals surface area (Å²) in [6, 6.07) is 0.880. The fourth-order valence-electron chi connectivity index (χ4n) is 1.15. The van der Waals surface area contributed by atoms with Gasteiger partial charge in [0.05, 0.1) is 4.92 Å². The smallest absolute Gasteiger partial charge is 0.398 e. The fourth-order valence-corrected chi connectivity index (χ4v) is 1.75. The van der Waals surface area contributed by atoms with Gasteiger partial charge in [0.2, 0.25) is 5.75 Å². The van der Waals surface area contributed by atoms with Crippen LogP contribution in [0.1, 0.15) is 5.56 Å². The Morgan fingerprint density at radius 2 is 1.68 bits per heavy atom. The van der Waals surface area contributed by atoms with E-state index in [4.69, 9.17) is 0 Å². The van der Waals surface area contributed by atoms with Crippen LogP contribution in [0.15, 0.2) is 12.1 Å². The second kappa shape index (κ2) is 5.02. The van der Waals surface area contributed by atoms with Crippen LogP contribution < -0.4 is 4.74 Å². The van der Waals surface area contributed by atoms with Gasteiger partial charge in [-0.25, -0.2) is 0 Å². The summed E-state index contributed by atoms with van der Waals surface area (Å²) in [6.45, 7) is 0. The van der Waals surface area contributed by atoms with Crippen LogP contribution in [0, 0.1) is 13.7 Å². The highest BCUT2D eigenvalue weighted by Gasteiger charge is 2.43. The van der Waals surface area contributed by atoms with Crippen molar-refractivity contribution in [3.8, 4) is 5.75 Å². The number of hydrogen-bond acceptors (Lipinski definition) is 3. The first-order valence-corrected chi connectivity index (χ1v) is 5.30. The molecule has 19 heavy (non-hydrogen) atoms. The van der Waals surface area contributed by atoms with Crippen molar-refractivity contribution in [2.75, 3.05) is 0 Å². The highest BCUT2D eigenvalue weighted by Crippen LogP contribution is 2.44. The summed E-state index contributed by atoms with van der Waals surface area (Å²) in [5.41, 5.74) is -3.26. The van der Waals surface area contributed by atoms with Crippen molar-refractivity contribution in [3.63, 3.8) is 0 Å². The minimum atomic E-state index is -5.47. The molecule has 0 heterocycles.